The van der Waals surface area contributed by atoms with E-state index in [0.717, 1.165) is 29.1 Å². The summed E-state index contributed by atoms with van der Waals surface area (Å²) in [5.41, 5.74) is 8.28. The van der Waals surface area contributed by atoms with Crippen molar-refractivity contribution in [1.29, 1.82) is 0 Å². The Hall–Kier alpha value is -2.40. The minimum Gasteiger partial charge on any atom is -0.456 e. The first-order chi connectivity index (χ1) is 9.74. The van der Waals surface area contributed by atoms with E-state index in [9.17, 15) is 4.79 Å². The van der Waals surface area contributed by atoms with E-state index < -0.39 is 0 Å². The first-order valence-corrected chi connectivity index (χ1v) is 6.50. The number of carbonyl (C=O) groups is 1. The van der Waals surface area contributed by atoms with Crippen LogP contribution < -0.4 is 15.8 Å². The van der Waals surface area contributed by atoms with Crippen molar-refractivity contribution in [2.45, 2.75) is 19.4 Å². The Morgan fingerprint density at radius 2 is 2.05 bits per heavy atom. The van der Waals surface area contributed by atoms with Gasteiger partial charge in [-0.05, 0) is 42.3 Å². The van der Waals surface area contributed by atoms with E-state index in [4.69, 9.17) is 10.5 Å². The maximum atomic E-state index is 11.3. The normalized spacial score (nSPS) is 13.6. The Labute approximate surface area is 116 Å². The van der Waals surface area contributed by atoms with Crippen LogP contribution in [0.1, 0.15) is 17.7 Å². The molecule has 1 aliphatic rings. The van der Waals surface area contributed by atoms with Gasteiger partial charge >= 0.3 is 0 Å². The molecule has 1 aliphatic heterocycles. The number of pyridine rings is 1. The van der Waals surface area contributed by atoms with Crippen LogP contribution in [-0.4, -0.2) is 10.9 Å². The third kappa shape index (κ3) is 2.62. The molecule has 0 aliphatic carbocycles. The molecule has 0 bridgehead atoms. The van der Waals surface area contributed by atoms with Gasteiger partial charge < -0.3 is 15.8 Å². The van der Waals surface area contributed by atoms with E-state index in [1.54, 1.807) is 6.20 Å². The third-order valence-corrected chi connectivity index (χ3v) is 3.21. The molecule has 5 heteroatoms. The van der Waals surface area contributed by atoms with Gasteiger partial charge in [-0.25, -0.2) is 0 Å². The average Bonchev–Trinajstić information content (AvgIpc) is 2.48. The largest absolute Gasteiger partial charge is 0.456 e. The highest BCUT2D eigenvalue weighted by Gasteiger charge is 2.15. The molecule has 3 N–H and O–H groups in total. The van der Waals surface area contributed by atoms with Gasteiger partial charge in [0.05, 0.1) is 11.9 Å². The molecule has 2 heterocycles. The van der Waals surface area contributed by atoms with Crippen molar-refractivity contribution in [3.05, 3.63) is 47.8 Å². The number of carbonyl (C=O) groups excluding carboxylic acids is 1. The first-order valence-electron chi connectivity index (χ1n) is 6.50. The maximum Gasteiger partial charge on any atom is 0.224 e. The molecular formula is C15H15N3O2. The number of amides is 1. The predicted octanol–water partition coefficient (Wildman–Crippen LogP) is 2.22. The molecule has 0 fully saturated rings. The van der Waals surface area contributed by atoms with E-state index in [1.165, 1.54) is 0 Å². The Kier molecular flexibility index (Phi) is 3.35. The van der Waals surface area contributed by atoms with E-state index in [0.29, 0.717) is 18.7 Å². The van der Waals surface area contributed by atoms with Crippen LogP contribution in [0.3, 0.4) is 0 Å². The lowest BCUT2D eigenvalue weighted by Crippen LogP contribution is -2.18. The fourth-order valence-electron chi connectivity index (χ4n) is 2.15. The number of ether oxygens (including phenoxy) is 1. The quantitative estimate of drug-likeness (QED) is 0.895. The molecular weight excluding hydrogens is 254 g/mol. The van der Waals surface area contributed by atoms with Crippen molar-refractivity contribution in [1.82, 2.24) is 4.98 Å². The average molecular weight is 269 g/mol. The fraction of sp³-hybridized carbons (Fsp3) is 0.200. The van der Waals surface area contributed by atoms with Crippen LogP contribution in [0.2, 0.25) is 0 Å². The standard InChI is InChI=1S/C15H15N3O2/c16-8-11-2-3-13(9-17-11)20-12-4-5-14-10(7-12)1-6-15(19)18-14/h2-5,7,9H,1,6,8,16H2,(H,18,19). The van der Waals surface area contributed by atoms with Gasteiger partial charge in [0.1, 0.15) is 11.5 Å². The summed E-state index contributed by atoms with van der Waals surface area (Å²) in [6.45, 7) is 0.415. The lowest BCUT2D eigenvalue weighted by molar-refractivity contribution is -0.116. The summed E-state index contributed by atoms with van der Waals surface area (Å²) in [7, 11) is 0. The molecule has 0 saturated heterocycles. The van der Waals surface area contributed by atoms with Crippen LogP contribution >= 0.6 is 0 Å². The lowest BCUT2D eigenvalue weighted by Gasteiger charge is -2.17. The number of fused-ring (bicyclic) bond motifs is 1. The summed E-state index contributed by atoms with van der Waals surface area (Å²) >= 11 is 0. The monoisotopic (exact) mass is 269 g/mol. The van der Waals surface area contributed by atoms with E-state index >= 15 is 0 Å². The summed E-state index contributed by atoms with van der Waals surface area (Å²) in [6, 6.07) is 9.33. The van der Waals surface area contributed by atoms with E-state index in [-0.39, 0.29) is 5.91 Å². The number of nitrogens with two attached hydrogens (primary N) is 1. The highest BCUT2D eigenvalue weighted by atomic mass is 16.5. The van der Waals surface area contributed by atoms with E-state index in [2.05, 4.69) is 10.3 Å². The van der Waals surface area contributed by atoms with Crippen LogP contribution in [0, 0.1) is 0 Å². The number of rotatable bonds is 3. The van der Waals surface area contributed by atoms with Gasteiger partial charge in [0, 0.05) is 18.7 Å². The van der Waals surface area contributed by atoms with Crippen LogP contribution in [-0.2, 0) is 17.8 Å². The molecule has 20 heavy (non-hydrogen) atoms. The van der Waals surface area contributed by atoms with Crippen molar-refractivity contribution in [2.24, 2.45) is 5.73 Å². The maximum absolute atomic E-state index is 11.3. The molecule has 5 nitrogen and oxygen atoms in total. The van der Waals surface area contributed by atoms with Gasteiger partial charge in [-0.2, -0.15) is 0 Å². The molecule has 3 rings (SSSR count). The summed E-state index contributed by atoms with van der Waals surface area (Å²) in [5.74, 6) is 1.47. The number of nitrogens with one attached hydrogen (secondary N) is 1. The molecule has 0 unspecified atom stereocenters. The van der Waals surface area contributed by atoms with Crippen molar-refractivity contribution in [2.75, 3.05) is 5.32 Å². The third-order valence-electron chi connectivity index (χ3n) is 3.21. The van der Waals surface area contributed by atoms with Gasteiger partial charge in [0.2, 0.25) is 5.91 Å². The molecule has 102 valence electrons. The zero-order valence-electron chi connectivity index (χ0n) is 10.9. The predicted molar refractivity (Wildman–Crippen MR) is 75.6 cm³/mol. The molecule has 1 aromatic heterocycles. The van der Waals surface area contributed by atoms with Gasteiger partial charge in [-0.1, -0.05) is 0 Å². The van der Waals surface area contributed by atoms with E-state index in [1.807, 2.05) is 30.3 Å². The lowest BCUT2D eigenvalue weighted by atomic mass is 10.0. The number of nitrogens with zero attached hydrogens (tertiary/aromatic N) is 1. The van der Waals surface area contributed by atoms with Crippen molar-refractivity contribution in [3.8, 4) is 11.5 Å². The molecule has 0 spiro atoms. The summed E-state index contributed by atoms with van der Waals surface area (Å²) < 4.78 is 5.75. The SMILES string of the molecule is NCc1ccc(Oc2ccc3c(c2)CCC(=O)N3)cn1. The van der Waals surface area contributed by atoms with Crippen LogP contribution in [0.15, 0.2) is 36.5 Å². The smallest absolute Gasteiger partial charge is 0.224 e. The topological polar surface area (TPSA) is 77.2 Å². The highest BCUT2D eigenvalue weighted by Crippen LogP contribution is 2.29. The second-order valence-electron chi connectivity index (χ2n) is 4.66. The number of hydrogen-bond acceptors (Lipinski definition) is 4. The van der Waals surface area contributed by atoms with Gasteiger partial charge in [0.15, 0.2) is 0 Å². The van der Waals surface area contributed by atoms with Crippen LogP contribution in [0.25, 0.3) is 0 Å². The minimum absolute atomic E-state index is 0.0627. The number of aromatic nitrogens is 1. The first kappa shape index (κ1) is 12.6. The molecule has 0 saturated carbocycles. The second kappa shape index (κ2) is 5.30. The van der Waals surface area contributed by atoms with Crippen LogP contribution in [0.4, 0.5) is 5.69 Å². The van der Waals surface area contributed by atoms with Crippen molar-refractivity contribution < 1.29 is 9.53 Å². The van der Waals surface area contributed by atoms with Crippen molar-refractivity contribution >= 4 is 11.6 Å². The number of benzene rings is 1. The molecule has 0 atom stereocenters. The Bertz CT molecular complexity index is 638. The number of aryl methyl sites for hydroxylation is 1. The highest BCUT2D eigenvalue weighted by molar-refractivity contribution is 5.94. The summed E-state index contributed by atoms with van der Waals surface area (Å²) in [5, 5.41) is 2.85. The number of hydrogen-bond donors (Lipinski definition) is 2. The Morgan fingerprint density at radius 3 is 2.80 bits per heavy atom. The van der Waals surface area contributed by atoms with Gasteiger partial charge in [-0.3, -0.25) is 9.78 Å². The number of anilines is 1. The zero-order chi connectivity index (χ0) is 13.9. The fourth-order valence-corrected chi connectivity index (χ4v) is 2.15. The molecule has 2 aromatic rings. The molecule has 1 amide bonds. The van der Waals surface area contributed by atoms with Gasteiger partial charge in [0.25, 0.3) is 0 Å². The van der Waals surface area contributed by atoms with Crippen molar-refractivity contribution in [3.63, 3.8) is 0 Å². The van der Waals surface area contributed by atoms with Crippen LogP contribution in [0.5, 0.6) is 11.5 Å². The minimum atomic E-state index is 0.0627. The summed E-state index contributed by atoms with van der Waals surface area (Å²) in [6.07, 6.45) is 2.91. The van der Waals surface area contributed by atoms with Gasteiger partial charge in [-0.15, -0.1) is 0 Å². The molecule has 1 aromatic carbocycles. The zero-order valence-corrected chi connectivity index (χ0v) is 10.9. The molecule has 0 radical (unpaired) electrons. The second-order valence-corrected chi connectivity index (χ2v) is 4.66. The Morgan fingerprint density at radius 1 is 1.20 bits per heavy atom. The Balaban J connectivity index is 1.79. The summed E-state index contributed by atoms with van der Waals surface area (Å²) in [4.78, 5) is 15.5.